The third-order valence-corrected chi connectivity index (χ3v) is 5.04. The average molecular weight is 352 g/mol. The number of benzene rings is 2. The highest BCUT2D eigenvalue weighted by atomic mass is 16.5. The zero-order valence-corrected chi connectivity index (χ0v) is 16.1. The van der Waals surface area contributed by atoms with Crippen LogP contribution in [0.25, 0.3) is 0 Å². The second-order valence-corrected chi connectivity index (χ2v) is 7.80. The van der Waals surface area contributed by atoms with Gasteiger partial charge in [0.05, 0.1) is 0 Å². The minimum atomic E-state index is 0.0324. The molecule has 0 bridgehead atoms. The Morgan fingerprint density at radius 1 is 1.23 bits per heavy atom. The number of ether oxygens (including phenoxy) is 1. The number of carbonyl (C=O) groups excluding carboxylic acids is 1. The van der Waals surface area contributed by atoms with E-state index in [0.29, 0.717) is 17.6 Å². The Hall–Kier alpha value is -2.29. The Morgan fingerprint density at radius 2 is 1.96 bits per heavy atom. The smallest absolute Gasteiger partial charge is 0.167 e. The molecule has 1 saturated carbocycles. The summed E-state index contributed by atoms with van der Waals surface area (Å²) in [6.07, 6.45) is 3.29. The Balaban J connectivity index is 1.92. The van der Waals surface area contributed by atoms with E-state index in [-0.39, 0.29) is 12.4 Å². The van der Waals surface area contributed by atoms with Gasteiger partial charge in [0.1, 0.15) is 18.1 Å². The molecule has 0 radical (unpaired) electrons. The molecule has 26 heavy (non-hydrogen) atoms. The van der Waals surface area contributed by atoms with Crippen LogP contribution in [-0.2, 0) is 11.2 Å². The van der Waals surface area contributed by atoms with Crippen LogP contribution in [0.15, 0.2) is 30.3 Å². The number of rotatable bonds is 7. The van der Waals surface area contributed by atoms with Gasteiger partial charge < -0.3 is 9.84 Å². The topological polar surface area (TPSA) is 46.5 Å². The van der Waals surface area contributed by atoms with Crippen molar-refractivity contribution < 1.29 is 14.6 Å². The lowest BCUT2D eigenvalue weighted by Gasteiger charge is -2.17. The minimum Gasteiger partial charge on any atom is -0.508 e. The van der Waals surface area contributed by atoms with Crippen molar-refractivity contribution in [1.82, 2.24) is 0 Å². The number of phenols is 1. The third-order valence-electron chi connectivity index (χ3n) is 5.04. The fourth-order valence-electron chi connectivity index (χ4n) is 3.46. The molecule has 1 N–H and O–H groups in total. The van der Waals surface area contributed by atoms with Crippen LogP contribution in [0.4, 0.5) is 0 Å². The van der Waals surface area contributed by atoms with Crippen LogP contribution in [0.2, 0.25) is 0 Å². The summed E-state index contributed by atoms with van der Waals surface area (Å²) in [7, 11) is 0. The van der Waals surface area contributed by atoms with Crippen LogP contribution < -0.4 is 4.74 Å². The summed E-state index contributed by atoms with van der Waals surface area (Å²) in [5, 5.41) is 10.1. The van der Waals surface area contributed by atoms with Crippen molar-refractivity contribution in [3.63, 3.8) is 0 Å². The Morgan fingerprint density at radius 3 is 2.58 bits per heavy atom. The molecule has 0 unspecified atom stereocenters. The number of phenolic OH excluding ortho intramolecular Hbond substituents is 1. The fraction of sp³-hybridized carbons (Fsp3) is 0.435. The largest absolute Gasteiger partial charge is 0.508 e. The monoisotopic (exact) mass is 352 g/mol. The number of aryl methyl sites for hydroxylation is 1. The predicted octanol–water partition coefficient (Wildman–Crippen LogP) is 5.26. The van der Waals surface area contributed by atoms with Crippen LogP contribution >= 0.6 is 0 Å². The Labute approximate surface area is 156 Å². The van der Waals surface area contributed by atoms with Gasteiger partial charge in [0.2, 0.25) is 0 Å². The second-order valence-electron chi connectivity index (χ2n) is 7.80. The van der Waals surface area contributed by atoms with Gasteiger partial charge in [0, 0.05) is 0 Å². The van der Waals surface area contributed by atoms with Crippen LogP contribution in [0.5, 0.6) is 11.5 Å². The molecule has 0 amide bonds. The van der Waals surface area contributed by atoms with Crippen molar-refractivity contribution in [2.45, 2.75) is 58.8 Å². The number of ketones is 1. The van der Waals surface area contributed by atoms with Crippen LogP contribution in [-0.4, -0.2) is 17.5 Å². The minimum absolute atomic E-state index is 0.0324. The van der Waals surface area contributed by atoms with Crippen molar-refractivity contribution in [1.29, 1.82) is 0 Å². The van der Waals surface area contributed by atoms with E-state index in [1.54, 1.807) is 13.0 Å². The molecule has 2 aromatic carbocycles. The third kappa shape index (κ3) is 4.27. The zero-order valence-electron chi connectivity index (χ0n) is 16.1. The van der Waals surface area contributed by atoms with Gasteiger partial charge >= 0.3 is 0 Å². The summed E-state index contributed by atoms with van der Waals surface area (Å²) < 4.78 is 5.66. The van der Waals surface area contributed by atoms with Gasteiger partial charge in [-0.05, 0) is 91.0 Å². The van der Waals surface area contributed by atoms with Gasteiger partial charge in [-0.2, -0.15) is 0 Å². The van der Waals surface area contributed by atoms with E-state index < -0.39 is 0 Å². The first-order valence-corrected chi connectivity index (χ1v) is 9.42. The molecule has 0 atom stereocenters. The van der Waals surface area contributed by atoms with Crippen molar-refractivity contribution in [2.75, 3.05) is 6.61 Å². The second kappa shape index (κ2) is 7.53. The van der Waals surface area contributed by atoms with Gasteiger partial charge in [0.15, 0.2) is 5.78 Å². The summed E-state index contributed by atoms with van der Waals surface area (Å²) in [5.74, 6) is 2.09. The van der Waals surface area contributed by atoms with Crippen LogP contribution in [0.3, 0.4) is 0 Å². The molecule has 0 spiro atoms. The standard InChI is InChI=1S/C23H28O3/c1-14(2)20-10-17(5-8-23(20)25)11-21-15(3)9-19(26-13-16(4)24)12-22(21)18-6-7-18/h5,8-10,12,14,18,25H,6-7,11,13H2,1-4H3. The first-order chi connectivity index (χ1) is 12.3. The SMILES string of the molecule is CC(=O)COc1cc(C)c(Cc2ccc(O)c(C(C)C)c2)c(C2CC2)c1. The maximum atomic E-state index is 11.2. The van der Waals surface area contributed by atoms with Gasteiger partial charge in [-0.1, -0.05) is 26.0 Å². The van der Waals surface area contributed by atoms with Crippen molar-refractivity contribution in [2.24, 2.45) is 0 Å². The summed E-state index contributed by atoms with van der Waals surface area (Å²) in [6, 6.07) is 10.1. The molecule has 1 aliphatic carbocycles. The first-order valence-electron chi connectivity index (χ1n) is 9.42. The molecule has 3 rings (SSSR count). The molecular formula is C23H28O3. The summed E-state index contributed by atoms with van der Waals surface area (Å²) in [4.78, 5) is 11.2. The molecule has 0 saturated heterocycles. The fourth-order valence-corrected chi connectivity index (χ4v) is 3.46. The summed E-state index contributed by atoms with van der Waals surface area (Å²) in [5.41, 5.74) is 6.11. The van der Waals surface area contributed by atoms with E-state index in [4.69, 9.17) is 4.74 Å². The highest BCUT2D eigenvalue weighted by Crippen LogP contribution is 2.44. The van der Waals surface area contributed by atoms with E-state index in [2.05, 4.69) is 32.9 Å². The van der Waals surface area contributed by atoms with Gasteiger partial charge in [-0.25, -0.2) is 0 Å². The van der Waals surface area contributed by atoms with Crippen molar-refractivity contribution in [3.05, 3.63) is 58.1 Å². The van der Waals surface area contributed by atoms with Crippen molar-refractivity contribution in [3.8, 4) is 11.5 Å². The van der Waals surface area contributed by atoms with Gasteiger partial charge in [-0.15, -0.1) is 0 Å². The van der Waals surface area contributed by atoms with E-state index in [1.807, 2.05) is 12.1 Å². The number of hydrogen-bond donors (Lipinski definition) is 1. The average Bonchev–Trinajstić information content (AvgIpc) is 3.41. The molecule has 138 valence electrons. The number of hydrogen-bond acceptors (Lipinski definition) is 3. The lowest BCUT2D eigenvalue weighted by atomic mass is 9.91. The lowest BCUT2D eigenvalue weighted by Crippen LogP contribution is -2.08. The zero-order chi connectivity index (χ0) is 18.8. The molecule has 3 heteroatoms. The number of aromatic hydroxyl groups is 1. The molecule has 1 fully saturated rings. The van der Waals surface area contributed by atoms with E-state index in [0.717, 1.165) is 17.7 Å². The first kappa shape index (κ1) is 18.5. The molecule has 3 nitrogen and oxygen atoms in total. The molecule has 1 aliphatic rings. The molecule has 0 aliphatic heterocycles. The normalized spacial score (nSPS) is 13.9. The highest BCUT2D eigenvalue weighted by molar-refractivity contribution is 5.77. The van der Waals surface area contributed by atoms with Crippen LogP contribution in [0, 0.1) is 6.92 Å². The van der Waals surface area contributed by atoms with E-state index >= 15 is 0 Å². The molecule has 0 heterocycles. The molecule has 2 aromatic rings. The van der Waals surface area contributed by atoms with Gasteiger partial charge in [0.25, 0.3) is 0 Å². The molecule has 0 aromatic heterocycles. The van der Waals surface area contributed by atoms with E-state index in [1.165, 1.54) is 35.1 Å². The number of Topliss-reactive ketones (excluding diaryl/α,β-unsaturated/α-hetero) is 1. The Bertz CT molecular complexity index is 816. The lowest BCUT2D eigenvalue weighted by molar-refractivity contribution is -0.118. The number of carbonyl (C=O) groups is 1. The maximum Gasteiger partial charge on any atom is 0.167 e. The summed E-state index contributed by atoms with van der Waals surface area (Å²) >= 11 is 0. The van der Waals surface area contributed by atoms with Crippen molar-refractivity contribution >= 4 is 5.78 Å². The van der Waals surface area contributed by atoms with Crippen LogP contribution in [0.1, 0.15) is 73.3 Å². The van der Waals surface area contributed by atoms with E-state index in [9.17, 15) is 9.90 Å². The maximum absolute atomic E-state index is 11.2. The highest BCUT2D eigenvalue weighted by Gasteiger charge is 2.27. The Kier molecular flexibility index (Phi) is 5.36. The predicted molar refractivity (Wildman–Crippen MR) is 104 cm³/mol. The quantitative estimate of drug-likeness (QED) is 0.739. The molecular weight excluding hydrogens is 324 g/mol. The summed E-state index contributed by atoms with van der Waals surface area (Å²) in [6.45, 7) is 7.98. The van der Waals surface area contributed by atoms with Gasteiger partial charge in [-0.3, -0.25) is 4.79 Å².